The summed E-state index contributed by atoms with van der Waals surface area (Å²) in [6, 6.07) is 8.43. The second kappa shape index (κ2) is 8.75. The van der Waals surface area contributed by atoms with Crippen LogP contribution in [0.3, 0.4) is 0 Å². The molecule has 0 radical (unpaired) electrons. The molecule has 1 atom stereocenters. The van der Waals surface area contributed by atoms with Crippen molar-refractivity contribution in [2.75, 3.05) is 26.2 Å². The maximum absolute atomic E-state index is 10.3. The smallest absolute Gasteiger partial charge is 0.137 e. The van der Waals surface area contributed by atoms with E-state index in [0.717, 1.165) is 24.6 Å². The first kappa shape index (κ1) is 21.2. The Labute approximate surface area is 160 Å². The molecule has 0 aliphatic carbocycles. The Morgan fingerprint density at radius 2 is 1.65 bits per heavy atom. The molecule has 1 aliphatic heterocycles. The average molecular weight is 363 g/mol. The largest absolute Gasteiger partial charge is 0.491 e. The van der Waals surface area contributed by atoms with Crippen LogP contribution in [0.5, 0.6) is 5.75 Å². The minimum absolute atomic E-state index is 0.144. The number of quaternary nitrogens is 1. The van der Waals surface area contributed by atoms with Crippen molar-refractivity contribution in [1.82, 2.24) is 0 Å². The number of aliphatic hydroxyl groups is 1. The first-order chi connectivity index (χ1) is 12.0. The summed E-state index contributed by atoms with van der Waals surface area (Å²) >= 11 is 0. The zero-order chi connectivity index (χ0) is 19.4. The molecule has 0 saturated carbocycles. The van der Waals surface area contributed by atoms with Crippen LogP contribution >= 0.6 is 0 Å². The van der Waals surface area contributed by atoms with Crippen LogP contribution in [0.1, 0.15) is 66.4 Å². The number of piperidine rings is 1. The topological polar surface area (TPSA) is 33.9 Å². The Balaban J connectivity index is 1.81. The third-order valence-corrected chi connectivity index (χ3v) is 5.56. The molecular weight excluding hydrogens is 322 g/mol. The monoisotopic (exact) mass is 362 g/mol. The molecule has 1 fully saturated rings. The van der Waals surface area contributed by atoms with Crippen LogP contribution in [0.4, 0.5) is 0 Å². The molecule has 0 amide bonds. The van der Waals surface area contributed by atoms with Gasteiger partial charge in [-0.2, -0.15) is 0 Å². The van der Waals surface area contributed by atoms with Gasteiger partial charge in [0.1, 0.15) is 25.0 Å². The van der Waals surface area contributed by atoms with E-state index in [1.807, 2.05) is 12.1 Å². The Hall–Kier alpha value is -1.06. The summed E-state index contributed by atoms with van der Waals surface area (Å²) in [4.78, 5) is 1.51. The highest BCUT2D eigenvalue weighted by molar-refractivity contribution is 5.31. The van der Waals surface area contributed by atoms with Crippen molar-refractivity contribution in [3.8, 4) is 5.75 Å². The molecule has 2 rings (SSSR count). The van der Waals surface area contributed by atoms with E-state index < -0.39 is 6.10 Å². The second-order valence-corrected chi connectivity index (χ2v) is 10.2. The molecule has 148 valence electrons. The predicted molar refractivity (Wildman–Crippen MR) is 109 cm³/mol. The molecule has 1 aromatic carbocycles. The standard InChI is InChI=1S/C23H39NO2/c1-18-11-13-24(14-12-18)15-20(25)16-26-21-9-7-19(8-10-21)23(5,6)17-22(2,3)4/h7-10,18,20,25H,11-17H2,1-6H3/p+1/t20-/m1/s1. The number of aliphatic hydroxyl groups excluding tert-OH is 1. The van der Waals surface area contributed by atoms with E-state index in [1.165, 1.54) is 36.4 Å². The molecule has 0 aromatic heterocycles. The molecule has 2 N–H and O–H groups in total. The van der Waals surface area contributed by atoms with E-state index in [0.29, 0.717) is 12.0 Å². The number of benzene rings is 1. The molecule has 0 unspecified atom stereocenters. The van der Waals surface area contributed by atoms with Crippen LogP contribution in [0.25, 0.3) is 0 Å². The van der Waals surface area contributed by atoms with Gasteiger partial charge in [0.05, 0.1) is 13.1 Å². The highest BCUT2D eigenvalue weighted by Crippen LogP contribution is 2.36. The fourth-order valence-corrected chi connectivity index (χ4v) is 4.39. The van der Waals surface area contributed by atoms with Gasteiger partial charge < -0.3 is 14.7 Å². The van der Waals surface area contributed by atoms with Gasteiger partial charge >= 0.3 is 0 Å². The van der Waals surface area contributed by atoms with Crippen molar-refractivity contribution >= 4 is 0 Å². The van der Waals surface area contributed by atoms with Crippen molar-refractivity contribution in [1.29, 1.82) is 0 Å². The van der Waals surface area contributed by atoms with Crippen LogP contribution in [-0.2, 0) is 5.41 Å². The summed E-state index contributed by atoms with van der Waals surface area (Å²) in [6.45, 7) is 17.3. The van der Waals surface area contributed by atoms with Crippen LogP contribution in [0.15, 0.2) is 24.3 Å². The van der Waals surface area contributed by atoms with Gasteiger partial charge in [0.15, 0.2) is 0 Å². The van der Waals surface area contributed by atoms with E-state index in [4.69, 9.17) is 4.74 Å². The van der Waals surface area contributed by atoms with Gasteiger partial charge in [-0.05, 0) is 53.7 Å². The van der Waals surface area contributed by atoms with E-state index in [1.54, 1.807) is 0 Å². The van der Waals surface area contributed by atoms with Crippen LogP contribution in [0.2, 0.25) is 0 Å². The predicted octanol–water partition coefficient (Wildman–Crippen LogP) is 3.45. The van der Waals surface area contributed by atoms with Gasteiger partial charge in [-0.3, -0.25) is 0 Å². The van der Waals surface area contributed by atoms with Gasteiger partial charge in [-0.1, -0.05) is 53.7 Å². The highest BCUT2D eigenvalue weighted by Gasteiger charge is 2.27. The van der Waals surface area contributed by atoms with Gasteiger partial charge in [0, 0.05) is 0 Å². The molecular formula is C23H40NO2+. The first-order valence-electron chi connectivity index (χ1n) is 10.3. The van der Waals surface area contributed by atoms with E-state index in [-0.39, 0.29) is 5.41 Å². The third kappa shape index (κ3) is 6.92. The minimum Gasteiger partial charge on any atom is -0.491 e. The molecule has 1 heterocycles. The first-order valence-corrected chi connectivity index (χ1v) is 10.3. The Kier molecular flexibility index (Phi) is 7.15. The third-order valence-electron chi connectivity index (χ3n) is 5.56. The van der Waals surface area contributed by atoms with Gasteiger partial charge in [0.2, 0.25) is 0 Å². The van der Waals surface area contributed by atoms with Gasteiger partial charge in [-0.15, -0.1) is 0 Å². The zero-order valence-corrected chi connectivity index (χ0v) is 17.8. The minimum atomic E-state index is -0.393. The second-order valence-electron chi connectivity index (χ2n) is 10.2. The Morgan fingerprint density at radius 1 is 1.08 bits per heavy atom. The van der Waals surface area contributed by atoms with Crippen molar-refractivity contribution in [3.63, 3.8) is 0 Å². The normalized spacial score (nSPS) is 22.9. The maximum Gasteiger partial charge on any atom is 0.137 e. The van der Waals surface area contributed by atoms with Crippen molar-refractivity contribution in [3.05, 3.63) is 29.8 Å². The van der Waals surface area contributed by atoms with E-state index in [9.17, 15) is 5.11 Å². The Bertz CT molecular complexity index is 536. The molecule has 1 saturated heterocycles. The lowest BCUT2D eigenvalue weighted by molar-refractivity contribution is -0.909. The summed E-state index contributed by atoms with van der Waals surface area (Å²) < 4.78 is 5.84. The van der Waals surface area contributed by atoms with Crippen molar-refractivity contribution in [2.24, 2.45) is 11.3 Å². The number of ether oxygens (including phenoxy) is 1. The molecule has 3 heteroatoms. The molecule has 1 aliphatic rings. The van der Waals surface area contributed by atoms with Crippen molar-refractivity contribution < 1.29 is 14.7 Å². The maximum atomic E-state index is 10.3. The SMILES string of the molecule is CC1CC[NH+](C[C@@H](O)COc2ccc(C(C)(C)CC(C)(C)C)cc2)CC1. The number of nitrogens with one attached hydrogen (secondary N) is 1. The fourth-order valence-electron chi connectivity index (χ4n) is 4.39. The summed E-state index contributed by atoms with van der Waals surface area (Å²) in [6.07, 6.45) is 3.29. The molecule has 26 heavy (non-hydrogen) atoms. The zero-order valence-electron chi connectivity index (χ0n) is 17.8. The van der Waals surface area contributed by atoms with Gasteiger partial charge in [-0.25, -0.2) is 0 Å². The number of likely N-dealkylation sites (tertiary alicyclic amines) is 1. The van der Waals surface area contributed by atoms with Crippen LogP contribution in [0, 0.1) is 11.3 Å². The summed E-state index contributed by atoms with van der Waals surface area (Å²) in [5.74, 6) is 1.69. The average Bonchev–Trinajstić information content (AvgIpc) is 2.53. The lowest BCUT2D eigenvalue weighted by atomic mass is 9.72. The summed E-state index contributed by atoms with van der Waals surface area (Å²) in [7, 11) is 0. The fraction of sp³-hybridized carbons (Fsp3) is 0.739. The summed E-state index contributed by atoms with van der Waals surface area (Å²) in [5, 5.41) is 10.3. The number of hydrogen-bond donors (Lipinski definition) is 2. The highest BCUT2D eigenvalue weighted by atomic mass is 16.5. The number of rotatable bonds is 7. The van der Waals surface area contributed by atoms with E-state index >= 15 is 0 Å². The molecule has 0 spiro atoms. The van der Waals surface area contributed by atoms with E-state index in [2.05, 4.69) is 53.7 Å². The van der Waals surface area contributed by atoms with Crippen LogP contribution < -0.4 is 9.64 Å². The molecule has 1 aromatic rings. The lowest BCUT2D eigenvalue weighted by Gasteiger charge is -2.33. The Morgan fingerprint density at radius 3 is 2.19 bits per heavy atom. The summed E-state index contributed by atoms with van der Waals surface area (Å²) in [5.41, 5.74) is 1.79. The van der Waals surface area contributed by atoms with Crippen LogP contribution in [-0.4, -0.2) is 37.5 Å². The molecule has 0 bridgehead atoms. The quantitative estimate of drug-likeness (QED) is 0.779. The lowest BCUT2D eigenvalue weighted by Crippen LogP contribution is -3.14. The van der Waals surface area contributed by atoms with Gasteiger partial charge in [0.25, 0.3) is 0 Å². The molecule has 3 nitrogen and oxygen atoms in total. The van der Waals surface area contributed by atoms with Crippen molar-refractivity contribution in [2.45, 2.75) is 72.3 Å². The number of hydrogen-bond acceptors (Lipinski definition) is 2.